The van der Waals surface area contributed by atoms with Gasteiger partial charge in [-0.2, -0.15) is 9.65 Å². The lowest BCUT2D eigenvalue weighted by atomic mass is 10.0. The number of nitriles is 1. The summed E-state index contributed by atoms with van der Waals surface area (Å²) in [5, 5.41) is 20.4. The molecule has 1 aliphatic heterocycles. The number of hydrazine groups is 2. The van der Waals surface area contributed by atoms with Crippen LogP contribution in [0.25, 0.3) is 10.9 Å². The van der Waals surface area contributed by atoms with Crippen molar-refractivity contribution >= 4 is 33.9 Å². The third-order valence-corrected chi connectivity index (χ3v) is 7.84. The number of hydrogen-bond acceptors (Lipinski definition) is 8. The number of hydrogen-bond donors (Lipinski definition) is 4. The Hall–Kier alpha value is -4.39. The van der Waals surface area contributed by atoms with Gasteiger partial charge >= 0.3 is 0 Å². The second kappa shape index (κ2) is 11.2. The van der Waals surface area contributed by atoms with Crippen LogP contribution in [0.3, 0.4) is 0 Å². The fourth-order valence-electron chi connectivity index (χ4n) is 5.24. The Balaban J connectivity index is 1.42. The first-order valence-corrected chi connectivity index (χ1v) is 14.1. The number of nitrogens with one attached hydrogen (secondary N) is 4. The van der Waals surface area contributed by atoms with Gasteiger partial charge in [0.05, 0.1) is 39.6 Å². The number of benzene rings is 2. The molecule has 0 unspecified atom stereocenters. The zero-order valence-electron chi connectivity index (χ0n) is 22.7. The average molecular weight is 569 g/mol. The molecule has 6 rings (SSSR count). The molecule has 1 fully saturated rings. The maximum absolute atomic E-state index is 14.0. The van der Waals surface area contributed by atoms with E-state index in [1.807, 2.05) is 36.5 Å². The van der Waals surface area contributed by atoms with Crippen LogP contribution in [0.1, 0.15) is 60.7 Å². The normalized spacial score (nSPS) is 16.1. The molecule has 0 saturated heterocycles. The van der Waals surface area contributed by atoms with Crippen molar-refractivity contribution in [1.29, 1.82) is 5.26 Å². The molecule has 0 radical (unpaired) electrons. The summed E-state index contributed by atoms with van der Waals surface area (Å²) >= 11 is 6.81. The maximum Gasteiger partial charge on any atom is 0.213 e. The molecule has 2 aliphatic rings. The molecule has 4 N–H and O–H groups in total. The molecule has 0 amide bonds. The molecule has 2 aromatic carbocycles. The van der Waals surface area contributed by atoms with E-state index in [-0.39, 0.29) is 12.1 Å². The number of rotatable bonds is 9. The molecule has 8 nitrogen and oxygen atoms in total. The van der Waals surface area contributed by atoms with Gasteiger partial charge in [-0.05, 0) is 49.9 Å². The van der Waals surface area contributed by atoms with Gasteiger partial charge in [0.2, 0.25) is 5.95 Å². The lowest BCUT2D eigenvalue weighted by molar-refractivity contribution is 0.260. The molecule has 4 aromatic rings. The minimum atomic E-state index is -0.528. The van der Waals surface area contributed by atoms with E-state index >= 15 is 0 Å². The van der Waals surface area contributed by atoms with Crippen LogP contribution in [0.5, 0.6) is 0 Å². The highest BCUT2D eigenvalue weighted by Crippen LogP contribution is 2.38. The Morgan fingerprint density at radius 2 is 1.98 bits per heavy atom. The smallest absolute Gasteiger partial charge is 0.213 e. The van der Waals surface area contributed by atoms with Crippen molar-refractivity contribution in [2.75, 3.05) is 10.6 Å². The maximum atomic E-state index is 14.0. The van der Waals surface area contributed by atoms with Crippen molar-refractivity contribution in [2.24, 2.45) is 0 Å². The number of aryl methyl sites for hydroxylation is 1. The van der Waals surface area contributed by atoms with Gasteiger partial charge in [-0.1, -0.05) is 54.9 Å². The highest BCUT2D eigenvalue weighted by Gasteiger charge is 2.33. The zero-order chi connectivity index (χ0) is 28.5. The van der Waals surface area contributed by atoms with E-state index in [0.717, 1.165) is 47.2 Å². The Bertz CT molecular complexity index is 1660. The summed E-state index contributed by atoms with van der Waals surface area (Å²) in [5.41, 5.74) is 12.3. The summed E-state index contributed by atoms with van der Waals surface area (Å²) in [6, 6.07) is 19.4. The molecule has 1 aliphatic carbocycles. The van der Waals surface area contributed by atoms with Crippen LogP contribution in [-0.2, 0) is 0 Å². The molecule has 10 heteroatoms. The SMILES string of the molecule is CC[C@@H](Nc1c(C#N)cnc2c(Cl)cc(N[C@H](C3=CN(C4CC4)NN3)c3ccc(F)nc3C)cc12)c1ccccc1. The second-order valence-corrected chi connectivity index (χ2v) is 10.8. The first-order chi connectivity index (χ1) is 19.9. The fraction of sp³-hybridized carbons (Fsp3) is 0.258. The molecule has 1 saturated carbocycles. The van der Waals surface area contributed by atoms with Crippen molar-refractivity contribution in [3.8, 4) is 6.07 Å². The minimum absolute atomic E-state index is 0.0164. The molecular formula is C31H30ClFN8. The molecule has 2 aromatic heterocycles. The largest absolute Gasteiger partial charge is 0.377 e. The van der Waals surface area contributed by atoms with Crippen molar-refractivity contribution in [1.82, 2.24) is 25.9 Å². The molecule has 41 heavy (non-hydrogen) atoms. The topological polar surface area (TPSA) is 101 Å². The summed E-state index contributed by atoms with van der Waals surface area (Å²) < 4.78 is 14.0. The van der Waals surface area contributed by atoms with Crippen molar-refractivity contribution in [2.45, 2.75) is 51.2 Å². The van der Waals surface area contributed by atoms with E-state index in [4.69, 9.17) is 11.6 Å². The monoisotopic (exact) mass is 568 g/mol. The highest BCUT2D eigenvalue weighted by atomic mass is 35.5. The van der Waals surface area contributed by atoms with Crippen LogP contribution in [0.4, 0.5) is 15.8 Å². The number of halogens is 2. The summed E-state index contributed by atoms with van der Waals surface area (Å²) in [5.74, 6) is -0.528. The zero-order valence-corrected chi connectivity index (χ0v) is 23.5. The van der Waals surface area contributed by atoms with Crippen LogP contribution >= 0.6 is 11.6 Å². The van der Waals surface area contributed by atoms with E-state index in [0.29, 0.717) is 33.5 Å². The molecule has 3 heterocycles. The Morgan fingerprint density at radius 1 is 1.17 bits per heavy atom. The predicted molar refractivity (Wildman–Crippen MR) is 159 cm³/mol. The number of anilines is 2. The Morgan fingerprint density at radius 3 is 2.68 bits per heavy atom. The van der Waals surface area contributed by atoms with Crippen LogP contribution < -0.4 is 21.6 Å². The van der Waals surface area contributed by atoms with E-state index in [2.05, 4.69) is 61.7 Å². The second-order valence-electron chi connectivity index (χ2n) is 10.4. The van der Waals surface area contributed by atoms with Gasteiger partial charge in [0.1, 0.15) is 6.07 Å². The third-order valence-electron chi connectivity index (χ3n) is 7.55. The van der Waals surface area contributed by atoms with Gasteiger partial charge in [-0.25, -0.2) is 4.98 Å². The minimum Gasteiger partial charge on any atom is -0.377 e. The first kappa shape index (κ1) is 26.8. The lowest BCUT2D eigenvalue weighted by Gasteiger charge is -2.24. The molecule has 0 bridgehead atoms. The van der Waals surface area contributed by atoms with Crippen LogP contribution in [0.15, 0.2) is 72.7 Å². The fourth-order valence-corrected chi connectivity index (χ4v) is 5.51. The van der Waals surface area contributed by atoms with Crippen LogP contribution in [0.2, 0.25) is 5.02 Å². The lowest BCUT2D eigenvalue weighted by Crippen LogP contribution is -2.38. The number of pyridine rings is 2. The van der Waals surface area contributed by atoms with Crippen molar-refractivity contribution in [3.05, 3.63) is 106 Å². The van der Waals surface area contributed by atoms with Crippen LogP contribution in [0, 0.1) is 24.2 Å². The quantitative estimate of drug-likeness (QED) is 0.167. The summed E-state index contributed by atoms with van der Waals surface area (Å²) in [6.07, 6.45) is 6.66. The van der Waals surface area contributed by atoms with Crippen LogP contribution in [-0.4, -0.2) is 21.0 Å². The number of aromatic nitrogens is 2. The molecule has 2 atom stereocenters. The van der Waals surface area contributed by atoms with Crippen molar-refractivity contribution < 1.29 is 4.39 Å². The highest BCUT2D eigenvalue weighted by molar-refractivity contribution is 6.35. The summed E-state index contributed by atoms with van der Waals surface area (Å²) in [6.45, 7) is 3.90. The third kappa shape index (κ3) is 5.49. The summed E-state index contributed by atoms with van der Waals surface area (Å²) in [4.78, 5) is 8.59. The predicted octanol–water partition coefficient (Wildman–Crippen LogP) is 6.65. The van der Waals surface area contributed by atoms with E-state index in [1.54, 1.807) is 19.2 Å². The van der Waals surface area contributed by atoms with Gasteiger partial charge in [0.15, 0.2) is 0 Å². The van der Waals surface area contributed by atoms with Gasteiger partial charge < -0.3 is 16.1 Å². The van der Waals surface area contributed by atoms with E-state index in [9.17, 15) is 9.65 Å². The van der Waals surface area contributed by atoms with Gasteiger partial charge in [-0.15, -0.1) is 5.53 Å². The van der Waals surface area contributed by atoms with Gasteiger partial charge in [0.25, 0.3) is 0 Å². The standard InChI is InChI=1S/C31H30ClFN8/c1-3-26(19-7-5-4-6-8-19)38-29-20(15-34)16-35-30-24(29)13-21(14-25(30)32)37-31(23-11-12-28(33)36-18(23)2)27-17-41(40-39-27)22-9-10-22/h4-8,11-14,16-17,22,26,31,37,39-40H,3,9-10H2,1-2H3,(H,35,38)/t26-,31+/m1/s1. The molecule has 0 spiro atoms. The molecule has 208 valence electrons. The Kier molecular flexibility index (Phi) is 7.35. The van der Waals surface area contributed by atoms with E-state index in [1.165, 1.54) is 6.07 Å². The number of nitrogens with zero attached hydrogens (tertiary/aromatic N) is 4. The first-order valence-electron chi connectivity index (χ1n) is 13.7. The average Bonchev–Trinajstić information content (AvgIpc) is 3.71. The van der Waals surface area contributed by atoms with E-state index < -0.39 is 5.95 Å². The van der Waals surface area contributed by atoms with Gasteiger partial charge in [0, 0.05) is 40.8 Å². The van der Waals surface area contributed by atoms with Gasteiger partial charge in [-0.3, -0.25) is 9.99 Å². The number of fused-ring (bicyclic) bond motifs is 1. The Labute approximate surface area is 243 Å². The van der Waals surface area contributed by atoms with Crippen molar-refractivity contribution in [3.63, 3.8) is 0 Å². The molecular weight excluding hydrogens is 539 g/mol. The summed E-state index contributed by atoms with van der Waals surface area (Å²) in [7, 11) is 0.